The molecular formula is C42H32O4S4. The van der Waals surface area contributed by atoms with Crippen LogP contribution in [-0.2, 0) is 8.16 Å². The largest absolute Gasteiger partial charge is 0.457 e. The second-order valence-electron chi connectivity index (χ2n) is 12.1. The molecule has 18 aliphatic heterocycles. The van der Waals surface area contributed by atoms with Gasteiger partial charge in [-0.3, -0.25) is 0 Å². The SMILES string of the molecule is c1cc2ccc1Oc1ccc(cc1)C1(SCCS1)c1ccc(cc1)Oc1ccc(cc1)Oc1ccc(cc1)C1(SCCS1)c1ccc(cc1)O2. The fourth-order valence-electron chi connectivity index (χ4n) is 6.49. The van der Waals surface area contributed by atoms with Crippen LogP contribution < -0.4 is 18.9 Å². The molecule has 24 rings (SSSR count). The van der Waals surface area contributed by atoms with Crippen LogP contribution in [0.4, 0.5) is 0 Å². The average Bonchev–Trinajstić information content (AvgIpc) is 3.87. The maximum Gasteiger partial charge on any atom is 0.127 e. The maximum atomic E-state index is 6.25. The summed E-state index contributed by atoms with van der Waals surface area (Å²) in [7, 11) is 0. The lowest BCUT2D eigenvalue weighted by Gasteiger charge is -2.29. The average molecular weight is 729 g/mol. The Morgan fingerprint density at radius 2 is 0.420 bits per heavy atom. The number of rotatable bonds is 0. The van der Waals surface area contributed by atoms with Crippen molar-refractivity contribution < 1.29 is 18.9 Å². The molecule has 12 bridgehead atoms. The zero-order valence-electron chi connectivity index (χ0n) is 27.0. The molecule has 18 aliphatic rings. The topological polar surface area (TPSA) is 36.9 Å². The minimum atomic E-state index is -0.179. The Balaban J connectivity index is 1.05. The predicted molar refractivity (Wildman–Crippen MR) is 210 cm³/mol. The zero-order valence-corrected chi connectivity index (χ0v) is 30.2. The van der Waals surface area contributed by atoms with Crippen LogP contribution in [0.3, 0.4) is 0 Å². The number of hydrogen-bond acceptors (Lipinski definition) is 8. The zero-order chi connectivity index (χ0) is 33.4. The van der Waals surface area contributed by atoms with E-state index in [0.29, 0.717) is 0 Å². The van der Waals surface area contributed by atoms with E-state index in [4.69, 9.17) is 18.9 Å². The third-order valence-electron chi connectivity index (χ3n) is 8.92. The molecule has 0 unspecified atom stereocenters. The van der Waals surface area contributed by atoms with Gasteiger partial charge in [0.25, 0.3) is 0 Å². The van der Waals surface area contributed by atoms with Crippen molar-refractivity contribution in [1.29, 1.82) is 0 Å². The Hall–Kier alpha value is -4.08. The van der Waals surface area contributed by atoms with Crippen LogP contribution in [0.5, 0.6) is 46.0 Å². The van der Waals surface area contributed by atoms with Crippen LogP contribution >= 0.6 is 47.0 Å². The summed E-state index contributed by atoms with van der Waals surface area (Å²) in [5, 5.41) is 0. The summed E-state index contributed by atoms with van der Waals surface area (Å²) >= 11 is 7.92. The van der Waals surface area contributed by atoms with Crippen LogP contribution in [0.1, 0.15) is 22.3 Å². The van der Waals surface area contributed by atoms with Gasteiger partial charge in [-0.1, -0.05) is 48.5 Å². The molecule has 0 saturated carbocycles. The first-order valence-electron chi connectivity index (χ1n) is 16.5. The molecule has 6 aromatic rings. The molecule has 0 atom stereocenters. The number of thioether (sulfide) groups is 4. The van der Waals surface area contributed by atoms with Gasteiger partial charge >= 0.3 is 0 Å². The van der Waals surface area contributed by atoms with Crippen molar-refractivity contribution >= 4 is 47.0 Å². The first-order valence-corrected chi connectivity index (χ1v) is 20.5. The van der Waals surface area contributed by atoms with Gasteiger partial charge < -0.3 is 18.9 Å². The van der Waals surface area contributed by atoms with Gasteiger partial charge in [0.1, 0.15) is 54.2 Å². The van der Waals surface area contributed by atoms with Crippen LogP contribution in [0.15, 0.2) is 146 Å². The quantitative estimate of drug-likeness (QED) is 0.153. The summed E-state index contributed by atoms with van der Waals surface area (Å²) in [6.45, 7) is 0. The minimum Gasteiger partial charge on any atom is -0.457 e. The second-order valence-corrected chi connectivity index (χ2v) is 17.8. The Kier molecular flexibility index (Phi) is 8.65. The second kappa shape index (κ2) is 13.6. The van der Waals surface area contributed by atoms with Crippen LogP contribution in [0.2, 0.25) is 0 Å². The van der Waals surface area contributed by atoms with Gasteiger partial charge in [0.2, 0.25) is 0 Å². The highest BCUT2D eigenvalue weighted by atomic mass is 32.2. The van der Waals surface area contributed by atoms with E-state index in [1.807, 2.05) is 95.6 Å². The van der Waals surface area contributed by atoms with Crippen molar-refractivity contribution in [3.63, 3.8) is 0 Å². The summed E-state index contributed by atoms with van der Waals surface area (Å²) in [4.78, 5) is 0. The van der Waals surface area contributed by atoms with Gasteiger partial charge in [-0.25, -0.2) is 0 Å². The van der Waals surface area contributed by atoms with E-state index in [9.17, 15) is 0 Å². The molecule has 0 radical (unpaired) electrons. The molecule has 6 aromatic carbocycles. The fraction of sp³-hybridized carbons (Fsp3) is 0.143. The summed E-state index contributed by atoms with van der Waals surface area (Å²) in [6, 6.07) is 49.6. The van der Waals surface area contributed by atoms with Gasteiger partial charge in [-0.15, -0.1) is 47.0 Å². The van der Waals surface area contributed by atoms with E-state index >= 15 is 0 Å². The third kappa shape index (κ3) is 6.23. The fourth-order valence-corrected chi connectivity index (χ4v) is 13.1. The Bertz CT molecular complexity index is 1770. The van der Waals surface area contributed by atoms with E-state index in [1.165, 1.54) is 22.3 Å². The lowest BCUT2D eigenvalue weighted by atomic mass is 10.0. The minimum absolute atomic E-state index is 0.179. The molecule has 2 saturated heterocycles. The Morgan fingerprint density at radius 3 is 0.600 bits per heavy atom. The molecule has 4 nitrogen and oxygen atoms in total. The Morgan fingerprint density at radius 1 is 0.260 bits per heavy atom. The van der Waals surface area contributed by atoms with Crippen LogP contribution in [0.25, 0.3) is 0 Å². The molecule has 18 heterocycles. The van der Waals surface area contributed by atoms with Crippen molar-refractivity contribution in [1.82, 2.24) is 0 Å². The smallest absolute Gasteiger partial charge is 0.127 e. The van der Waals surface area contributed by atoms with Crippen molar-refractivity contribution in [2.45, 2.75) is 8.16 Å². The Labute approximate surface area is 309 Å². The van der Waals surface area contributed by atoms with Crippen molar-refractivity contribution in [3.05, 3.63) is 168 Å². The van der Waals surface area contributed by atoms with E-state index in [2.05, 4.69) is 97.1 Å². The molecule has 248 valence electrons. The lowest BCUT2D eigenvalue weighted by Crippen LogP contribution is -2.16. The predicted octanol–water partition coefficient (Wildman–Crippen LogP) is 12.5. The lowest BCUT2D eigenvalue weighted by molar-refractivity contribution is 0.469. The van der Waals surface area contributed by atoms with Gasteiger partial charge in [0.15, 0.2) is 0 Å². The van der Waals surface area contributed by atoms with Crippen LogP contribution in [-0.4, -0.2) is 23.0 Å². The highest BCUT2D eigenvalue weighted by molar-refractivity contribution is 8.21. The van der Waals surface area contributed by atoms with Gasteiger partial charge in [0.05, 0.1) is 0 Å². The van der Waals surface area contributed by atoms with Gasteiger partial charge in [-0.05, 0) is 119 Å². The molecule has 50 heavy (non-hydrogen) atoms. The normalized spacial score (nSPS) is 17.1. The van der Waals surface area contributed by atoms with Crippen molar-refractivity contribution in [2.24, 2.45) is 0 Å². The summed E-state index contributed by atoms with van der Waals surface area (Å²) in [5.74, 6) is 10.6. The number of ether oxygens (including phenoxy) is 4. The van der Waals surface area contributed by atoms with E-state index < -0.39 is 0 Å². The first kappa shape index (κ1) is 31.9. The number of hydrogen-bond donors (Lipinski definition) is 0. The summed E-state index contributed by atoms with van der Waals surface area (Å²) < 4.78 is 24.6. The summed E-state index contributed by atoms with van der Waals surface area (Å²) in [5.41, 5.74) is 5.01. The molecule has 2 fully saturated rings. The molecule has 0 N–H and O–H groups in total. The van der Waals surface area contributed by atoms with Crippen molar-refractivity contribution in [2.75, 3.05) is 23.0 Å². The standard InChI is InChI=1S/C42H32O4S4/c1-9-33-10-2-29(1)41(47-25-26-48-41)30-3-11-34(12-4-30)44-39-21-23-40(24-22-39)46-36-15-7-32(8-16-36)42(49-27-28-50-42)31-5-13-35(14-6-31)45-38-19-17-37(43-33)18-20-38/h1-24H,25-28H2. The molecule has 0 aliphatic carbocycles. The van der Waals surface area contributed by atoms with E-state index in [1.54, 1.807) is 0 Å². The molecule has 0 aromatic heterocycles. The van der Waals surface area contributed by atoms with E-state index in [0.717, 1.165) is 69.0 Å². The highest BCUT2D eigenvalue weighted by Crippen LogP contribution is 2.58. The first-order chi connectivity index (χ1) is 24.6. The summed E-state index contributed by atoms with van der Waals surface area (Å²) in [6.07, 6.45) is 0. The van der Waals surface area contributed by atoms with E-state index in [-0.39, 0.29) is 8.16 Å². The van der Waals surface area contributed by atoms with Gasteiger partial charge in [0, 0.05) is 23.0 Å². The molecule has 8 heteroatoms. The monoisotopic (exact) mass is 728 g/mol. The third-order valence-corrected chi connectivity index (χ3v) is 16.0. The number of benzene rings is 6. The van der Waals surface area contributed by atoms with Crippen molar-refractivity contribution in [3.8, 4) is 46.0 Å². The maximum absolute atomic E-state index is 6.25. The molecular weight excluding hydrogens is 697 g/mol. The highest BCUT2D eigenvalue weighted by Gasteiger charge is 2.40. The van der Waals surface area contributed by atoms with Crippen LogP contribution in [0, 0.1) is 0 Å². The molecule has 2 spiro atoms. The van der Waals surface area contributed by atoms with Gasteiger partial charge in [-0.2, -0.15) is 0 Å². The molecule has 0 amide bonds.